The Morgan fingerprint density at radius 3 is 2.63 bits per heavy atom. The smallest absolute Gasteiger partial charge is 0.129 e. The summed E-state index contributed by atoms with van der Waals surface area (Å²) < 4.78 is 14.7. The summed E-state index contributed by atoms with van der Waals surface area (Å²) in [6.07, 6.45) is 6.61. The van der Waals surface area contributed by atoms with E-state index >= 15 is 0 Å². The Bertz CT molecular complexity index is 427. The number of hydrogen-bond acceptors (Lipinski definition) is 1. The van der Waals surface area contributed by atoms with Crippen LogP contribution in [0.4, 0.5) is 4.39 Å². The fourth-order valence-corrected chi connectivity index (χ4v) is 3.28. The van der Waals surface area contributed by atoms with Crippen molar-refractivity contribution in [1.82, 2.24) is 5.32 Å². The molecule has 0 amide bonds. The fourth-order valence-electron chi connectivity index (χ4n) is 2.94. The van der Waals surface area contributed by atoms with E-state index in [0.717, 1.165) is 16.6 Å². The molecule has 1 nitrogen and oxygen atoms in total. The van der Waals surface area contributed by atoms with Crippen molar-refractivity contribution in [2.75, 3.05) is 6.54 Å². The van der Waals surface area contributed by atoms with Gasteiger partial charge in [-0.15, -0.1) is 0 Å². The van der Waals surface area contributed by atoms with Crippen molar-refractivity contribution >= 4 is 15.9 Å². The van der Waals surface area contributed by atoms with Gasteiger partial charge in [-0.25, -0.2) is 4.39 Å². The Morgan fingerprint density at radius 1 is 1.32 bits per heavy atom. The molecule has 0 aromatic heterocycles. The molecule has 1 aliphatic rings. The van der Waals surface area contributed by atoms with Gasteiger partial charge in [0.2, 0.25) is 0 Å². The maximum atomic E-state index is 13.9. The van der Waals surface area contributed by atoms with Crippen LogP contribution in [0.25, 0.3) is 0 Å². The van der Waals surface area contributed by atoms with Gasteiger partial charge in [0.05, 0.1) is 0 Å². The largest absolute Gasteiger partial charge is 0.310 e. The lowest BCUT2D eigenvalue weighted by atomic mass is 9.75. The highest BCUT2D eigenvalue weighted by molar-refractivity contribution is 9.10. The second-order valence-electron chi connectivity index (χ2n) is 6.14. The van der Waals surface area contributed by atoms with Gasteiger partial charge >= 0.3 is 0 Å². The summed E-state index contributed by atoms with van der Waals surface area (Å²) in [6, 6.07) is 5.36. The van der Waals surface area contributed by atoms with Crippen molar-refractivity contribution in [3.8, 4) is 0 Å². The van der Waals surface area contributed by atoms with Crippen LogP contribution in [0.3, 0.4) is 0 Å². The summed E-state index contributed by atoms with van der Waals surface area (Å²) >= 11 is 3.30. The molecule has 0 heterocycles. The van der Waals surface area contributed by atoms with E-state index in [1.807, 2.05) is 19.1 Å². The van der Waals surface area contributed by atoms with Gasteiger partial charge in [-0.1, -0.05) is 48.2 Å². The predicted octanol–water partition coefficient (Wildman–Crippen LogP) is 5.21. The first-order chi connectivity index (χ1) is 9.00. The third kappa shape index (κ3) is 4.03. The van der Waals surface area contributed by atoms with E-state index in [2.05, 4.69) is 28.2 Å². The van der Waals surface area contributed by atoms with E-state index in [4.69, 9.17) is 0 Å². The Kier molecular flexibility index (Phi) is 5.02. The first kappa shape index (κ1) is 15.0. The molecule has 0 spiro atoms. The second-order valence-corrected chi connectivity index (χ2v) is 7.06. The predicted molar refractivity (Wildman–Crippen MR) is 81.7 cm³/mol. The maximum Gasteiger partial charge on any atom is 0.129 e. The zero-order valence-corrected chi connectivity index (χ0v) is 13.4. The molecule has 0 aliphatic heterocycles. The molecule has 0 bridgehead atoms. The number of hydrogen-bond donors (Lipinski definition) is 1. The summed E-state index contributed by atoms with van der Waals surface area (Å²) in [6.45, 7) is 5.37. The molecule has 1 fully saturated rings. The summed E-state index contributed by atoms with van der Waals surface area (Å²) in [5, 5.41) is 3.51. The molecular formula is C16H23BrFN. The zero-order valence-electron chi connectivity index (χ0n) is 11.8. The van der Waals surface area contributed by atoms with Gasteiger partial charge in [0.1, 0.15) is 5.82 Å². The van der Waals surface area contributed by atoms with Crippen LogP contribution in [0.2, 0.25) is 0 Å². The summed E-state index contributed by atoms with van der Waals surface area (Å²) in [4.78, 5) is 0. The van der Waals surface area contributed by atoms with Gasteiger partial charge < -0.3 is 5.32 Å². The number of nitrogens with one attached hydrogen (secondary N) is 1. The fraction of sp³-hybridized carbons (Fsp3) is 0.625. The number of benzene rings is 1. The van der Waals surface area contributed by atoms with Crippen molar-refractivity contribution in [1.29, 1.82) is 0 Å². The molecule has 0 radical (unpaired) electrons. The molecule has 3 heteroatoms. The van der Waals surface area contributed by atoms with Crippen LogP contribution in [0.1, 0.15) is 57.6 Å². The molecule has 0 saturated heterocycles. The van der Waals surface area contributed by atoms with Gasteiger partial charge in [0.15, 0.2) is 0 Å². The van der Waals surface area contributed by atoms with Gasteiger partial charge in [-0.05, 0) is 37.3 Å². The first-order valence-electron chi connectivity index (χ1n) is 7.18. The van der Waals surface area contributed by atoms with E-state index < -0.39 is 0 Å². The molecule has 1 aromatic carbocycles. The normalized spacial score (nSPS) is 20.2. The quantitative estimate of drug-likeness (QED) is 0.800. The third-order valence-electron chi connectivity index (χ3n) is 4.32. The molecule has 2 rings (SSSR count). The average molecular weight is 328 g/mol. The molecule has 19 heavy (non-hydrogen) atoms. The van der Waals surface area contributed by atoms with E-state index in [9.17, 15) is 4.39 Å². The van der Waals surface area contributed by atoms with Gasteiger partial charge in [-0.2, -0.15) is 0 Å². The third-order valence-corrected chi connectivity index (χ3v) is 4.82. The topological polar surface area (TPSA) is 12.0 Å². The number of rotatable bonds is 4. The Hall–Kier alpha value is -0.410. The zero-order chi connectivity index (χ0) is 13.9. The highest BCUT2D eigenvalue weighted by Gasteiger charge is 2.27. The molecule has 106 valence electrons. The lowest BCUT2D eigenvalue weighted by molar-refractivity contribution is 0.201. The number of halogens is 2. The standard InChI is InChI=1S/C16H23BrFN/c1-12(14-7-6-13(17)10-15(14)18)19-11-16(2)8-4-3-5-9-16/h6-7,10,12,19H,3-5,8-9,11H2,1-2H3. The second kappa shape index (κ2) is 6.36. The van der Waals surface area contributed by atoms with Crippen LogP contribution >= 0.6 is 15.9 Å². The molecular weight excluding hydrogens is 305 g/mol. The van der Waals surface area contributed by atoms with Gasteiger partial charge in [-0.3, -0.25) is 0 Å². The lowest BCUT2D eigenvalue weighted by Gasteiger charge is -2.35. The molecule has 1 atom stereocenters. The minimum absolute atomic E-state index is 0.0619. The van der Waals surface area contributed by atoms with Crippen molar-refractivity contribution in [3.05, 3.63) is 34.1 Å². The Balaban J connectivity index is 1.95. The van der Waals surface area contributed by atoms with Crippen LogP contribution in [-0.2, 0) is 0 Å². The highest BCUT2D eigenvalue weighted by atomic mass is 79.9. The van der Waals surface area contributed by atoms with E-state index in [1.54, 1.807) is 0 Å². The lowest BCUT2D eigenvalue weighted by Crippen LogP contribution is -2.35. The average Bonchev–Trinajstić information content (AvgIpc) is 2.37. The van der Waals surface area contributed by atoms with Crippen molar-refractivity contribution in [2.24, 2.45) is 5.41 Å². The van der Waals surface area contributed by atoms with E-state index in [-0.39, 0.29) is 11.9 Å². The summed E-state index contributed by atoms with van der Waals surface area (Å²) in [7, 11) is 0. The van der Waals surface area contributed by atoms with Crippen LogP contribution in [0.5, 0.6) is 0 Å². The van der Waals surface area contributed by atoms with Gasteiger partial charge in [0.25, 0.3) is 0 Å². The first-order valence-corrected chi connectivity index (χ1v) is 7.98. The molecule has 1 unspecified atom stereocenters. The maximum absolute atomic E-state index is 13.9. The molecule has 1 saturated carbocycles. The van der Waals surface area contributed by atoms with Gasteiger partial charge in [0, 0.05) is 22.6 Å². The van der Waals surface area contributed by atoms with Crippen LogP contribution in [0, 0.1) is 11.2 Å². The molecule has 1 aliphatic carbocycles. The van der Waals surface area contributed by atoms with Crippen molar-refractivity contribution in [2.45, 2.75) is 52.0 Å². The SMILES string of the molecule is CC(NCC1(C)CCCCC1)c1ccc(Br)cc1F. The van der Waals surface area contributed by atoms with Crippen molar-refractivity contribution < 1.29 is 4.39 Å². The Labute approximate surface area is 124 Å². The molecule has 1 N–H and O–H groups in total. The monoisotopic (exact) mass is 327 g/mol. The molecule has 1 aromatic rings. The summed E-state index contributed by atoms with van der Waals surface area (Å²) in [5.74, 6) is -0.136. The van der Waals surface area contributed by atoms with Crippen LogP contribution < -0.4 is 5.32 Å². The van der Waals surface area contributed by atoms with E-state index in [0.29, 0.717) is 5.41 Å². The minimum atomic E-state index is -0.136. The van der Waals surface area contributed by atoms with E-state index in [1.165, 1.54) is 38.2 Å². The van der Waals surface area contributed by atoms with Crippen LogP contribution in [-0.4, -0.2) is 6.54 Å². The summed E-state index contributed by atoms with van der Waals surface area (Å²) in [5.41, 5.74) is 1.14. The highest BCUT2D eigenvalue weighted by Crippen LogP contribution is 2.35. The Morgan fingerprint density at radius 2 is 2.00 bits per heavy atom. The van der Waals surface area contributed by atoms with Crippen LogP contribution in [0.15, 0.2) is 22.7 Å². The minimum Gasteiger partial charge on any atom is -0.310 e. The van der Waals surface area contributed by atoms with Crippen molar-refractivity contribution in [3.63, 3.8) is 0 Å².